The number of aryl methyl sites for hydroxylation is 1. The maximum atomic E-state index is 12.6. The molecule has 0 aliphatic rings. The van der Waals surface area contributed by atoms with Crippen LogP contribution < -0.4 is 5.56 Å². The predicted molar refractivity (Wildman–Crippen MR) is 98.1 cm³/mol. The molecule has 136 valence electrons. The number of nitrogens with one attached hydrogen (secondary N) is 1. The van der Waals surface area contributed by atoms with Crippen LogP contribution in [0.3, 0.4) is 0 Å². The molecule has 1 N–H and O–H groups in total. The third-order valence-corrected chi connectivity index (χ3v) is 3.78. The number of aromatic amines is 1. The van der Waals surface area contributed by atoms with Crippen molar-refractivity contribution >= 4 is 23.3 Å². The van der Waals surface area contributed by atoms with Gasteiger partial charge >= 0.3 is 0 Å². The first-order chi connectivity index (χ1) is 12.9. The van der Waals surface area contributed by atoms with Crippen LogP contribution >= 0.6 is 0 Å². The fourth-order valence-electron chi connectivity index (χ4n) is 2.47. The second-order valence-corrected chi connectivity index (χ2v) is 5.61. The zero-order chi connectivity index (χ0) is 19.6. The highest BCUT2D eigenvalue weighted by Crippen LogP contribution is 2.27. The maximum Gasteiger partial charge on any atom is 0.280 e. The Kier molecular flexibility index (Phi) is 4.62. The van der Waals surface area contributed by atoms with Crippen LogP contribution in [0.15, 0.2) is 58.3 Å². The van der Waals surface area contributed by atoms with Gasteiger partial charge in [0, 0.05) is 24.0 Å². The van der Waals surface area contributed by atoms with Crippen LogP contribution in [0, 0.1) is 27.2 Å². The van der Waals surface area contributed by atoms with Crippen LogP contribution in [0.4, 0.5) is 17.1 Å². The van der Waals surface area contributed by atoms with E-state index >= 15 is 0 Å². The van der Waals surface area contributed by atoms with E-state index in [4.69, 9.17) is 0 Å². The number of aromatic nitrogens is 2. The second kappa shape index (κ2) is 7.04. The molecule has 10 nitrogen and oxygen atoms in total. The van der Waals surface area contributed by atoms with Crippen molar-refractivity contribution in [3.8, 4) is 5.69 Å². The maximum absolute atomic E-state index is 12.6. The summed E-state index contributed by atoms with van der Waals surface area (Å²) in [5.74, 6) is 0. The van der Waals surface area contributed by atoms with E-state index in [1.165, 1.54) is 10.9 Å². The van der Waals surface area contributed by atoms with Crippen LogP contribution in [0.25, 0.3) is 5.69 Å². The number of non-ortho nitro benzene ring substituents is 2. The minimum atomic E-state index is -0.740. The van der Waals surface area contributed by atoms with Gasteiger partial charge in [-0.05, 0) is 19.1 Å². The number of nitro groups is 2. The van der Waals surface area contributed by atoms with Crippen LogP contribution in [-0.2, 0) is 0 Å². The molecule has 0 saturated heterocycles. The predicted octanol–water partition coefficient (Wildman–Crippen LogP) is 3.04. The summed E-state index contributed by atoms with van der Waals surface area (Å²) in [5, 5.41) is 24.8. The Hall–Kier alpha value is -4.08. The molecule has 0 aliphatic heterocycles. The molecule has 0 radical (unpaired) electrons. The Bertz CT molecular complexity index is 1080. The summed E-state index contributed by atoms with van der Waals surface area (Å²) in [6, 6.07) is 11.9. The molecule has 27 heavy (non-hydrogen) atoms. The summed E-state index contributed by atoms with van der Waals surface area (Å²) in [7, 11) is 0. The van der Waals surface area contributed by atoms with Gasteiger partial charge in [-0.25, -0.2) is 4.68 Å². The molecule has 0 atom stereocenters. The molecule has 0 aliphatic carbocycles. The van der Waals surface area contributed by atoms with Gasteiger partial charge in [-0.15, -0.1) is 0 Å². The number of H-pyrrole nitrogens is 1. The van der Waals surface area contributed by atoms with Gasteiger partial charge in [0.05, 0.1) is 32.9 Å². The molecule has 10 heteroatoms. The summed E-state index contributed by atoms with van der Waals surface area (Å²) in [5.41, 5.74) is 0.147. The summed E-state index contributed by atoms with van der Waals surface area (Å²) in [4.78, 5) is 37.0. The molecule has 0 fully saturated rings. The third-order valence-electron chi connectivity index (χ3n) is 3.78. The SMILES string of the molecule is Cc1[nH]n(-c2ccccc2)c(=O)c1C=Nc1cc([N+](=O)[O-])cc([N+](=O)[O-])c1. The molecule has 2 aromatic carbocycles. The van der Waals surface area contributed by atoms with Crippen molar-refractivity contribution in [3.05, 3.63) is 90.4 Å². The van der Waals surface area contributed by atoms with Gasteiger partial charge in [0.1, 0.15) is 0 Å². The van der Waals surface area contributed by atoms with E-state index in [0.717, 1.165) is 18.2 Å². The molecule has 3 rings (SSSR count). The number of para-hydroxylation sites is 1. The molecule has 0 saturated carbocycles. The Labute approximate surface area is 151 Å². The van der Waals surface area contributed by atoms with Crippen molar-refractivity contribution in [2.45, 2.75) is 6.92 Å². The molecule has 0 spiro atoms. The minimum Gasteiger partial charge on any atom is -0.295 e. The number of hydrogen-bond acceptors (Lipinski definition) is 6. The molecule has 0 unspecified atom stereocenters. The first-order valence-corrected chi connectivity index (χ1v) is 7.72. The Morgan fingerprint density at radius 1 is 1.04 bits per heavy atom. The van der Waals surface area contributed by atoms with Gasteiger partial charge in [0.15, 0.2) is 0 Å². The number of aliphatic imine (C=N–C) groups is 1. The van der Waals surface area contributed by atoms with E-state index < -0.39 is 21.2 Å². The van der Waals surface area contributed by atoms with Gasteiger partial charge in [-0.1, -0.05) is 18.2 Å². The minimum absolute atomic E-state index is 0.00200. The molecular weight excluding hydrogens is 354 g/mol. The van der Waals surface area contributed by atoms with E-state index in [1.807, 2.05) is 6.07 Å². The summed E-state index contributed by atoms with van der Waals surface area (Å²) < 4.78 is 1.34. The third kappa shape index (κ3) is 3.63. The van der Waals surface area contributed by atoms with Crippen molar-refractivity contribution in [3.63, 3.8) is 0 Å². The lowest BCUT2D eigenvalue weighted by Gasteiger charge is -1.99. The van der Waals surface area contributed by atoms with Crippen molar-refractivity contribution in [1.82, 2.24) is 9.78 Å². The number of nitro benzene ring substituents is 2. The van der Waals surface area contributed by atoms with Crippen molar-refractivity contribution < 1.29 is 9.85 Å². The van der Waals surface area contributed by atoms with E-state index in [-0.39, 0.29) is 16.8 Å². The fourth-order valence-corrected chi connectivity index (χ4v) is 2.47. The standard InChI is InChI=1S/C17H13N5O5/c1-11-16(17(23)20(19-11)13-5-3-2-4-6-13)10-18-12-7-14(21(24)25)9-15(8-12)22(26)27/h2-10,19H,1H3. The summed E-state index contributed by atoms with van der Waals surface area (Å²) in [6.07, 6.45) is 1.23. The average molecular weight is 367 g/mol. The fraction of sp³-hybridized carbons (Fsp3) is 0.0588. The lowest BCUT2D eigenvalue weighted by atomic mass is 10.2. The van der Waals surface area contributed by atoms with Gasteiger partial charge in [-0.2, -0.15) is 0 Å². The van der Waals surface area contributed by atoms with Crippen molar-refractivity contribution in [1.29, 1.82) is 0 Å². The van der Waals surface area contributed by atoms with Gasteiger partial charge < -0.3 is 0 Å². The van der Waals surface area contributed by atoms with Crippen LogP contribution in [0.2, 0.25) is 0 Å². The molecule has 1 aromatic heterocycles. The van der Waals surface area contributed by atoms with Gasteiger partial charge in [-0.3, -0.25) is 35.1 Å². The molecule has 0 bridgehead atoms. The summed E-state index contributed by atoms with van der Waals surface area (Å²) >= 11 is 0. The van der Waals surface area contributed by atoms with E-state index in [1.54, 1.807) is 31.2 Å². The van der Waals surface area contributed by atoms with Gasteiger partial charge in [0.25, 0.3) is 16.9 Å². The molecular formula is C17H13N5O5. The highest BCUT2D eigenvalue weighted by Gasteiger charge is 2.16. The quantitative estimate of drug-likeness (QED) is 0.420. The number of hydrogen-bond donors (Lipinski definition) is 1. The monoisotopic (exact) mass is 367 g/mol. The number of rotatable bonds is 5. The zero-order valence-corrected chi connectivity index (χ0v) is 14.0. The first-order valence-electron chi connectivity index (χ1n) is 7.72. The smallest absolute Gasteiger partial charge is 0.280 e. The first kappa shape index (κ1) is 17.7. The lowest BCUT2D eigenvalue weighted by molar-refractivity contribution is -0.394. The van der Waals surface area contributed by atoms with Crippen LogP contribution in [0.1, 0.15) is 11.3 Å². The second-order valence-electron chi connectivity index (χ2n) is 5.61. The number of nitrogens with zero attached hydrogens (tertiary/aromatic N) is 4. The Morgan fingerprint density at radius 2 is 1.63 bits per heavy atom. The highest BCUT2D eigenvalue weighted by molar-refractivity contribution is 5.83. The average Bonchev–Trinajstić information content (AvgIpc) is 2.94. The normalized spacial score (nSPS) is 11.0. The van der Waals surface area contributed by atoms with E-state index in [0.29, 0.717) is 11.4 Å². The Balaban J connectivity index is 2.02. The largest absolute Gasteiger partial charge is 0.295 e. The Morgan fingerprint density at radius 3 is 2.19 bits per heavy atom. The highest BCUT2D eigenvalue weighted by atomic mass is 16.6. The lowest BCUT2D eigenvalue weighted by Crippen LogP contribution is -2.17. The zero-order valence-electron chi connectivity index (χ0n) is 14.0. The van der Waals surface area contributed by atoms with Crippen LogP contribution in [0.5, 0.6) is 0 Å². The molecule has 1 heterocycles. The van der Waals surface area contributed by atoms with E-state index in [2.05, 4.69) is 10.1 Å². The van der Waals surface area contributed by atoms with Gasteiger partial charge in [0.2, 0.25) is 0 Å². The van der Waals surface area contributed by atoms with Crippen LogP contribution in [-0.4, -0.2) is 25.8 Å². The topological polar surface area (TPSA) is 136 Å². The molecule has 0 amide bonds. The van der Waals surface area contributed by atoms with E-state index in [9.17, 15) is 25.0 Å². The number of benzene rings is 2. The van der Waals surface area contributed by atoms with Crippen molar-refractivity contribution in [2.75, 3.05) is 0 Å². The summed E-state index contributed by atoms with van der Waals surface area (Å²) in [6.45, 7) is 1.68. The van der Waals surface area contributed by atoms with Crippen molar-refractivity contribution in [2.24, 2.45) is 4.99 Å². The molecule has 3 aromatic rings.